The van der Waals surface area contributed by atoms with Crippen LogP contribution in [0.15, 0.2) is 18.2 Å². The minimum absolute atomic E-state index is 0.472. The molecule has 1 rings (SSSR count). The van der Waals surface area contributed by atoms with Crippen LogP contribution in [0.4, 0.5) is 0 Å². The van der Waals surface area contributed by atoms with Gasteiger partial charge in [0.05, 0.1) is 6.61 Å². The van der Waals surface area contributed by atoms with E-state index in [9.17, 15) is 0 Å². The van der Waals surface area contributed by atoms with Crippen molar-refractivity contribution in [3.8, 4) is 11.2 Å². The van der Waals surface area contributed by atoms with E-state index in [0.29, 0.717) is 12.5 Å². The fourth-order valence-corrected chi connectivity index (χ4v) is 2.27. The highest BCUT2D eigenvalue weighted by atomic mass is 32.2. The first kappa shape index (κ1) is 14.9. The monoisotopic (exact) mass is 263 g/mol. The first-order chi connectivity index (χ1) is 8.69. The topological polar surface area (TPSA) is 33.0 Å². The van der Waals surface area contributed by atoms with Crippen molar-refractivity contribution in [1.29, 1.82) is 5.26 Å². The molecular weight excluding hydrogens is 242 g/mol. The zero-order chi connectivity index (χ0) is 13.4. The lowest BCUT2D eigenvalue weighted by Gasteiger charge is -2.14. The molecule has 0 aromatic heterocycles. The van der Waals surface area contributed by atoms with E-state index in [-0.39, 0.29) is 0 Å². The van der Waals surface area contributed by atoms with Gasteiger partial charge in [0.1, 0.15) is 11.2 Å². The fraction of sp³-hybridized carbons (Fsp3) is 0.533. The van der Waals surface area contributed by atoms with Gasteiger partial charge in [-0.1, -0.05) is 26.0 Å². The van der Waals surface area contributed by atoms with Gasteiger partial charge in [0, 0.05) is 5.75 Å². The Bertz CT molecular complexity index is 409. The second-order valence-corrected chi connectivity index (χ2v) is 5.38. The largest absolute Gasteiger partial charge is 0.494 e. The summed E-state index contributed by atoms with van der Waals surface area (Å²) in [6.45, 7) is 7.09. The number of nitrogens with zero attached hydrogens (tertiary/aromatic N) is 1. The summed E-state index contributed by atoms with van der Waals surface area (Å²) in [6, 6.07) is 6.45. The Kier molecular flexibility index (Phi) is 6.67. The van der Waals surface area contributed by atoms with Crippen LogP contribution >= 0.6 is 11.8 Å². The van der Waals surface area contributed by atoms with Crippen molar-refractivity contribution in [2.24, 2.45) is 0 Å². The molecule has 0 saturated heterocycles. The zero-order valence-corrected chi connectivity index (χ0v) is 12.2. The third kappa shape index (κ3) is 4.62. The summed E-state index contributed by atoms with van der Waals surface area (Å²) in [4.78, 5) is 0. The summed E-state index contributed by atoms with van der Waals surface area (Å²) < 4.78 is 5.65. The molecule has 0 radical (unpaired) electrons. The molecule has 1 aromatic carbocycles. The molecule has 1 aromatic rings. The minimum Gasteiger partial charge on any atom is -0.494 e. The van der Waals surface area contributed by atoms with Crippen molar-refractivity contribution in [3.05, 3.63) is 29.3 Å². The number of benzene rings is 1. The third-order valence-electron chi connectivity index (χ3n) is 2.77. The molecule has 98 valence electrons. The van der Waals surface area contributed by atoms with Crippen LogP contribution < -0.4 is 4.74 Å². The lowest BCUT2D eigenvalue weighted by molar-refractivity contribution is 0.335. The number of rotatable bonds is 7. The van der Waals surface area contributed by atoms with E-state index in [2.05, 4.69) is 37.4 Å². The summed E-state index contributed by atoms with van der Waals surface area (Å²) in [6.07, 6.45) is 2.07. The molecule has 0 bridgehead atoms. The highest BCUT2D eigenvalue weighted by Gasteiger charge is 2.08. The molecule has 0 heterocycles. The number of aryl methyl sites for hydroxylation is 1. The van der Waals surface area contributed by atoms with E-state index in [1.54, 1.807) is 0 Å². The smallest absolute Gasteiger partial charge is 0.133 e. The van der Waals surface area contributed by atoms with Crippen molar-refractivity contribution >= 4 is 11.8 Å². The molecular formula is C15H21NOS. The van der Waals surface area contributed by atoms with Crippen molar-refractivity contribution in [1.82, 2.24) is 0 Å². The Morgan fingerprint density at radius 2 is 2.17 bits per heavy atom. The predicted octanol–water partition coefficient (Wildman–Crippen LogP) is 4.36. The van der Waals surface area contributed by atoms with Gasteiger partial charge in [0.25, 0.3) is 0 Å². The van der Waals surface area contributed by atoms with E-state index in [4.69, 9.17) is 10.00 Å². The lowest BCUT2D eigenvalue weighted by Crippen LogP contribution is -2.00. The SMILES string of the molecule is CCOc1ccc(CCCSC#N)cc1C(C)C. The van der Waals surface area contributed by atoms with Gasteiger partial charge in [-0.25, -0.2) is 0 Å². The van der Waals surface area contributed by atoms with Gasteiger partial charge in [-0.05, 0) is 54.6 Å². The van der Waals surface area contributed by atoms with E-state index in [0.717, 1.165) is 24.3 Å². The molecule has 0 saturated carbocycles. The second kappa shape index (κ2) is 8.05. The molecule has 0 N–H and O–H groups in total. The first-order valence-corrected chi connectivity index (χ1v) is 7.44. The average Bonchev–Trinajstić information content (AvgIpc) is 2.36. The summed E-state index contributed by atoms with van der Waals surface area (Å²) in [5, 5.41) is 10.6. The second-order valence-electron chi connectivity index (χ2n) is 4.50. The highest BCUT2D eigenvalue weighted by Crippen LogP contribution is 2.28. The molecule has 0 spiro atoms. The fourth-order valence-electron chi connectivity index (χ4n) is 1.89. The molecule has 0 aliphatic heterocycles. The summed E-state index contributed by atoms with van der Waals surface area (Å²) in [5.41, 5.74) is 2.61. The Hall–Kier alpha value is -1.14. The van der Waals surface area contributed by atoms with Gasteiger partial charge in [0.2, 0.25) is 0 Å². The van der Waals surface area contributed by atoms with Crippen molar-refractivity contribution < 1.29 is 4.74 Å². The number of hydrogen-bond donors (Lipinski definition) is 0. The third-order valence-corrected chi connectivity index (χ3v) is 3.39. The number of ether oxygens (including phenoxy) is 1. The number of thiocyanates is 1. The van der Waals surface area contributed by atoms with Crippen LogP contribution in [0, 0.1) is 10.7 Å². The van der Waals surface area contributed by atoms with Crippen LogP contribution in [0.5, 0.6) is 5.75 Å². The van der Waals surface area contributed by atoms with Gasteiger partial charge in [-0.3, -0.25) is 0 Å². The van der Waals surface area contributed by atoms with Gasteiger partial charge in [-0.15, -0.1) is 0 Å². The van der Waals surface area contributed by atoms with E-state index in [1.807, 2.05) is 6.92 Å². The molecule has 0 aliphatic rings. The van der Waals surface area contributed by atoms with Crippen LogP contribution in [-0.4, -0.2) is 12.4 Å². The Morgan fingerprint density at radius 1 is 1.39 bits per heavy atom. The molecule has 0 aliphatic carbocycles. The van der Waals surface area contributed by atoms with Crippen molar-refractivity contribution in [3.63, 3.8) is 0 Å². The van der Waals surface area contributed by atoms with Gasteiger partial charge < -0.3 is 4.74 Å². The van der Waals surface area contributed by atoms with Crippen molar-refractivity contribution in [2.45, 2.75) is 39.5 Å². The van der Waals surface area contributed by atoms with Crippen LogP contribution in [-0.2, 0) is 6.42 Å². The van der Waals surface area contributed by atoms with Crippen LogP contribution in [0.1, 0.15) is 44.2 Å². The molecule has 3 heteroatoms. The van der Waals surface area contributed by atoms with E-state index in [1.165, 1.54) is 22.9 Å². The normalized spacial score (nSPS) is 10.4. The quantitative estimate of drug-likeness (QED) is 0.541. The van der Waals surface area contributed by atoms with E-state index < -0.39 is 0 Å². The van der Waals surface area contributed by atoms with Gasteiger partial charge in [0.15, 0.2) is 0 Å². The number of hydrogen-bond acceptors (Lipinski definition) is 3. The molecule has 0 fully saturated rings. The summed E-state index contributed by atoms with van der Waals surface area (Å²) in [5.74, 6) is 2.38. The number of nitriles is 1. The molecule has 0 unspecified atom stereocenters. The van der Waals surface area contributed by atoms with Gasteiger partial charge in [-0.2, -0.15) is 5.26 Å². The van der Waals surface area contributed by atoms with E-state index >= 15 is 0 Å². The molecule has 0 amide bonds. The molecule has 0 atom stereocenters. The standard InChI is InChI=1S/C15H21NOS/c1-4-17-15-8-7-13(6-5-9-18-11-16)10-14(15)12(2)3/h7-8,10,12H,4-6,9H2,1-3H3. The van der Waals surface area contributed by atoms with Gasteiger partial charge >= 0.3 is 0 Å². The molecule has 18 heavy (non-hydrogen) atoms. The Labute approximate surface area is 114 Å². The maximum Gasteiger partial charge on any atom is 0.133 e. The van der Waals surface area contributed by atoms with Crippen LogP contribution in [0.3, 0.4) is 0 Å². The maximum atomic E-state index is 8.47. The highest BCUT2D eigenvalue weighted by molar-refractivity contribution is 8.03. The van der Waals surface area contributed by atoms with Crippen LogP contribution in [0.2, 0.25) is 0 Å². The number of thioether (sulfide) groups is 1. The lowest BCUT2D eigenvalue weighted by atomic mass is 9.98. The van der Waals surface area contributed by atoms with Crippen LogP contribution in [0.25, 0.3) is 0 Å². The average molecular weight is 263 g/mol. The minimum atomic E-state index is 0.472. The Balaban J connectivity index is 2.71. The molecule has 2 nitrogen and oxygen atoms in total. The Morgan fingerprint density at radius 3 is 2.78 bits per heavy atom. The van der Waals surface area contributed by atoms with Crippen molar-refractivity contribution in [2.75, 3.05) is 12.4 Å². The maximum absolute atomic E-state index is 8.47. The summed E-state index contributed by atoms with van der Waals surface area (Å²) in [7, 11) is 0. The zero-order valence-electron chi connectivity index (χ0n) is 11.4. The summed E-state index contributed by atoms with van der Waals surface area (Å²) >= 11 is 1.33. The first-order valence-electron chi connectivity index (χ1n) is 6.45. The predicted molar refractivity (Wildman–Crippen MR) is 78.1 cm³/mol.